The molecule has 2 aromatic rings. The number of ether oxygens (including phenoxy) is 1. The van der Waals surface area contributed by atoms with Gasteiger partial charge < -0.3 is 4.74 Å². The summed E-state index contributed by atoms with van der Waals surface area (Å²) in [6.07, 6.45) is 5.26. The molecule has 6 atom stereocenters. The van der Waals surface area contributed by atoms with E-state index in [0.29, 0.717) is 17.4 Å². The van der Waals surface area contributed by atoms with Crippen molar-refractivity contribution in [1.29, 1.82) is 0 Å². The van der Waals surface area contributed by atoms with Crippen LogP contribution in [0.2, 0.25) is 0 Å². The summed E-state index contributed by atoms with van der Waals surface area (Å²) in [4.78, 5) is 51.9. The van der Waals surface area contributed by atoms with Gasteiger partial charge in [-0.15, -0.1) is 0 Å². The normalized spacial score (nSPS) is 30.2. The minimum Gasteiger partial charge on any atom is -0.457 e. The summed E-state index contributed by atoms with van der Waals surface area (Å²) >= 11 is 0. The van der Waals surface area contributed by atoms with Crippen LogP contribution in [0.1, 0.15) is 23.2 Å². The molecule has 172 valence electrons. The van der Waals surface area contributed by atoms with Crippen LogP contribution >= 0.6 is 0 Å². The van der Waals surface area contributed by atoms with Crippen molar-refractivity contribution in [1.82, 2.24) is 4.90 Å². The Bertz CT molecular complexity index is 1170. The molecule has 2 bridgehead atoms. The first-order valence-electron chi connectivity index (χ1n) is 11.9. The lowest BCUT2D eigenvalue weighted by molar-refractivity contribution is -0.145. The SMILES string of the molecule is O=C(CCN1C(=O)[C@@H]2[C@H]3C=C[C@H]([C@H]4C[C@H]34)[C@@H]2C1=O)OCC(=O)c1ccc(-c2ccccc2)cc1. The molecule has 0 aromatic heterocycles. The molecular formula is C28H25NO5. The molecule has 1 aliphatic heterocycles. The highest BCUT2D eigenvalue weighted by molar-refractivity contribution is 6.06. The number of benzene rings is 2. The number of amides is 2. The van der Waals surface area contributed by atoms with E-state index in [1.807, 2.05) is 42.5 Å². The molecule has 7 rings (SSSR count). The highest BCUT2D eigenvalue weighted by atomic mass is 16.5. The Hall–Kier alpha value is -3.54. The van der Waals surface area contributed by atoms with E-state index in [0.717, 1.165) is 17.5 Å². The summed E-state index contributed by atoms with van der Waals surface area (Å²) in [6.45, 7) is -0.355. The number of rotatable bonds is 7. The Morgan fingerprint density at radius 3 is 2.03 bits per heavy atom. The van der Waals surface area contributed by atoms with Gasteiger partial charge in [-0.1, -0.05) is 66.7 Å². The number of carbonyl (C=O) groups excluding carboxylic acids is 4. The van der Waals surface area contributed by atoms with Crippen LogP contribution in [0.15, 0.2) is 66.7 Å². The van der Waals surface area contributed by atoms with Crippen LogP contribution in [-0.2, 0) is 19.1 Å². The van der Waals surface area contributed by atoms with E-state index < -0.39 is 5.97 Å². The molecule has 34 heavy (non-hydrogen) atoms. The maximum absolute atomic E-state index is 13.0. The summed E-state index contributed by atoms with van der Waals surface area (Å²) < 4.78 is 5.15. The molecule has 2 aromatic carbocycles. The van der Waals surface area contributed by atoms with Crippen LogP contribution in [0.3, 0.4) is 0 Å². The predicted molar refractivity (Wildman–Crippen MR) is 123 cm³/mol. The van der Waals surface area contributed by atoms with Crippen molar-refractivity contribution in [2.45, 2.75) is 12.8 Å². The molecule has 6 heteroatoms. The molecule has 0 spiro atoms. The summed E-state index contributed by atoms with van der Waals surface area (Å²) in [7, 11) is 0. The van der Waals surface area contributed by atoms with Gasteiger partial charge in [-0.2, -0.15) is 0 Å². The monoisotopic (exact) mass is 455 g/mol. The number of allylic oxidation sites excluding steroid dienone is 2. The second-order valence-electron chi connectivity index (χ2n) is 9.76. The zero-order chi connectivity index (χ0) is 23.4. The standard InChI is InChI=1S/C28H25NO5/c30-23(18-8-6-17(7-9-18)16-4-2-1-3-5-16)15-34-24(31)12-13-29-27(32)25-19-10-11-20(22-14-21(19)22)26(25)28(29)33/h1-11,19-22,25-26H,12-15H2/t19-,20+,21-,22-,25+,26-/m1/s1. The fourth-order valence-corrected chi connectivity index (χ4v) is 6.22. The van der Waals surface area contributed by atoms with Gasteiger partial charge in [0.25, 0.3) is 0 Å². The molecule has 3 fully saturated rings. The highest BCUT2D eigenvalue weighted by Gasteiger charge is 2.66. The molecule has 0 radical (unpaired) electrons. The highest BCUT2D eigenvalue weighted by Crippen LogP contribution is 2.65. The number of likely N-dealkylation sites (tertiary alicyclic amines) is 1. The van der Waals surface area contributed by atoms with Gasteiger partial charge in [0, 0.05) is 12.1 Å². The minimum atomic E-state index is -0.589. The zero-order valence-corrected chi connectivity index (χ0v) is 18.6. The number of ketones is 1. The summed E-state index contributed by atoms with van der Waals surface area (Å²) in [5.41, 5.74) is 2.51. The summed E-state index contributed by atoms with van der Waals surface area (Å²) in [5.74, 6) is -0.285. The largest absolute Gasteiger partial charge is 0.457 e. The van der Waals surface area contributed by atoms with Gasteiger partial charge in [0.2, 0.25) is 11.8 Å². The van der Waals surface area contributed by atoms with Gasteiger partial charge in [0.05, 0.1) is 18.3 Å². The van der Waals surface area contributed by atoms with Gasteiger partial charge in [0.1, 0.15) is 0 Å². The third kappa shape index (κ3) is 3.40. The van der Waals surface area contributed by atoms with Crippen LogP contribution in [-0.4, -0.2) is 41.6 Å². The van der Waals surface area contributed by atoms with Crippen molar-refractivity contribution < 1.29 is 23.9 Å². The number of hydrogen-bond donors (Lipinski definition) is 0. The topological polar surface area (TPSA) is 80.8 Å². The molecule has 5 aliphatic rings. The number of imide groups is 1. The molecular weight excluding hydrogens is 430 g/mol. The van der Waals surface area contributed by atoms with Crippen molar-refractivity contribution in [3.8, 4) is 11.1 Å². The predicted octanol–water partition coefficient (Wildman–Crippen LogP) is 3.52. The van der Waals surface area contributed by atoms with Crippen LogP contribution in [0, 0.1) is 35.5 Å². The van der Waals surface area contributed by atoms with Crippen LogP contribution in [0.25, 0.3) is 11.1 Å². The van der Waals surface area contributed by atoms with Gasteiger partial charge in [0.15, 0.2) is 12.4 Å². The second kappa shape index (κ2) is 8.05. The number of Topliss-reactive ketones (excluding diaryl/α,β-unsaturated/α-hetero) is 1. The van der Waals surface area contributed by atoms with Crippen molar-refractivity contribution in [3.05, 3.63) is 72.3 Å². The Balaban J connectivity index is 1.01. The Morgan fingerprint density at radius 2 is 1.41 bits per heavy atom. The number of carbonyl (C=O) groups is 4. The van der Waals surface area contributed by atoms with E-state index in [1.54, 1.807) is 12.1 Å². The number of nitrogens with zero attached hydrogens (tertiary/aromatic N) is 1. The zero-order valence-electron chi connectivity index (χ0n) is 18.6. The first-order chi connectivity index (χ1) is 16.5. The number of hydrogen-bond acceptors (Lipinski definition) is 5. The van der Waals surface area contributed by atoms with E-state index in [1.165, 1.54) is 4.90 Å². The van der Waals surface area contributed by atoms with Crippen molar-refractivity contribution in [3.63, 3.8) is 0 Å². The average Bonchev–Trinajstić information content (AvgIpc) is 3.66. The third-order valence-corrected chi connectivity index (χ3v) is 7.97. The quantitative estimate of drug-likeness (QED) is 0.276. The molecule has 1 saturated heterocycles. The van der Waals surface area contributed by atoms with E-state index in [2.05, 4.69) is 12.2 Å². The fourth-order valence-electron chi connectivity index (χ4n) is 6.22. The van der Waals surface area contributed by atoms with Gasteiger partial charge >= 0.3 is 5.97 Å². The van der Waals surface area contributed by atoms with E-state index in [9.17, 15) is 19.2 Å². The lowest BCUT2D eigenvalue weighted by Gasteiger charge is -2.37. The van der Waals surface area contributed by atoms with Crippen LogP contribution in [0.5, 0.6) is 0 Å². The second-order valence-corrected chi connectivity index (χ2v) is 9.76. The third-order valence-electron chi connectivity index (χ3n) is 7.97. The summed E-state index contributed by atoms with van der Waals surface area (Å²) in [5, 5.41) is 0. The Labute approximate surface area is 197 Å². The molecule has 2 saturated carbocycles. The smallest absolute Gasteiger partial charge is 0.308 e. The van der Waals surface area contributed by atoms with Gasteiger partial charge in [-0.25, -0.2) is 0 Å². The maximum atomic E-state index is 13.0. The number of esters is 1. The molecule has 6 nitrogen and oxygen atoms in total. The van der Waals surface area contributed by atoms with Crippen molar-refractivity contribution >= 4 is 23.6 Å². The molecule has 1 heterocycles. The Morgan fingerprint density at radius 1 is 0.824 bits per heavy atom. The first kappa shape index (κ1) is 21.0. The molecule has 2 amide bonds. The lowest BCUT2D eigenvalue weighted by atomic mass is 9.63. The lowest BCUT2D eigenvalue weighted by Crippen LogP contribution is -2.40. The van der Waals surface area contributed by atoms with Crippen LogP contribution in [0.4, 0.5) is 0 Å². The van der Waals surface area contributed by atoms with Crippen LogP contribution < -0.4 is 0 Å². The molecule has 0 N–H and O–H groups in total. The van der Waals surface area contributed by atoms with E-state index in [-0.39, 0.29) is 60.8 Å². The molecule has 0 unspecified atom stereocenters. The average molecular weight is 456 g/mol. The summed E-state index contributed by atoms with van der Waals surface area (Å²) in [6, 6.07) is 17.0. The van der Waals surface area contributed by atoms with Gasteiger partial charge in [-0.3, -0.25) is 24.1 Å². The van der Waals surface area contributed by atoms with Crippen molar-refractivity contribution in [2.75, 3.05) is 13.2 Å². The molecule has 4 aliphatic carbocycles. The minimum absolute atomic E-state index is 0.0121. The maximum Gasteiger partial charge on any atom is 0.308 e. The van der Waals surface area contributed by atoms with Crippen molar-refractivity contribution in [2.24, 2.45) is 35.5 Å². The Kier molecular flexibility index (Phi) is 4.97. The van der Waals surface area contributed by atoms with E-state index >= 15 is 0 Å². The van der Waals surface area contributed by atoms with E-state index in [4.69, 9.17) is 4.74 Å². The van der Waals surface area contributed by atoms with Gasteiger partial charge in [-0.05, 0) is 41.2 Å². The first-order valence-corrected chi connectivity index (χ1v) is 11.9. The fraction of sp³-hybridized carbons (Fsp3) is 0.357.